The molecule has 0 N–H and O–H groups in total. The third kappa shape index (κ3) is 4.01. The highest BCUT2D eigenvalue weighted by Gasteiger charge is 2.32. The van der Waals surface area contributed by atoms with E-state index in [1.54, 1.807) is 0 Å². The molecule has 35 heavy (non-hydrogen) atoms. The van der Waals surface area contributed by atoms with E-state index in [0.717, 1.165) is 13.2 Å². The lowest BCUT2D eigenvalue weighted by Crippen LogP contribution is -2.37. The molecule has 0 aromatic heterocycles. The minimum Gasteiger partial charge on any atom is -0.383 e. The fourth-order valence-electron chi connectivity index (χ4n) is 5.68. The van der Waals surface area contributed by atoms with Gasteiger partial charge in [-0.25, -0.2) is 0 Å². The molecule has 174 valence electrons. The van der Waals surface area contributed by atoms with Crippen LogP contribution in [0.5, 0.6) is 0 Å². The van der Waals surface area contributed by atoms with Crippen LogP contribution in [0.15, 0.2) is 109 Å². The van der Waals surface area contributed by atoms with Gasteiger partial charge in [0.05, 0.1) is 18.3 Å². The Morgan fingerprint density at radius 1 is 0.686 bits per heavy atom. The third-order valence-corrected chi connectivity index (χ3v) is 9.68. The van der Waals surface area contributed by atoms with Crippen LogP contribution in [0.4, 0.5) is 5.69 Å². The quantitative estimate of drug-likeness (QED) is 0.209. The van der Waals surface area contributed by atoms with Crippen molar-refractivity contribution in [2.75, 3.05) is 25.2 Å². The smallest absolute Gasteiger partial charge is 0.0666 e. The van der Waals surface area contributed by atoms with Gasteiger partial charge in [0, 0.05) is 24.3 Å². The molecule has 1 aliphatic rings. The molecule has 0 unspecified atom stereocenters. The minimum absolute atomic E-state index is 0.395. The maximum absolute atomic E-state index is 5.71. The first-order valence-corrected chi connectivity index (χ1v) is 13.8. The van der Waals surface area contributed by atoms with Crippen LogP contribution in [0.1, 0.15) is 12.8 Å². The summed E-state index contributed by atoms with van der Waals surface area (Å²) in [6.45, 7) is 1.82. The van der Waals surface area contributed by atoms with Gasteiger partial charge in [0.15, 0.2) is 0 Å². The van der Waals surface area contributed by atoms with Crippen molar-refractivity contribution in [2.45, 2.75) is 18.9 Å². The topological polar surface area (TPSA) is 12.5 Å². The molecule has 1 heterocycles. The number of benzene rings is 5. The van der Waals surface area contributed by atoms with Crippen molar-refractivity contribution >= 4 is 51.1 Å². The number of methoxy groups -OCH3 is 1. The number of hydrogen-bond donors (Lipinski definition) is 0. The third-order valence-electron chi connectivity index (χ3n) is 7.15. The fraction of sp³-hybridized carbons (Fsp3) is 0.188. The summed E-state index contributed by atoms with van der Waals surface area (Å²) in [5.74, 6) is 0. The zero-order chi connectivity index (χ0) is 23.6. The van der Waals surface area contributed by atoms with Gasteiger partial charge in [0.25, 0.3) is 0 Å². The maximum atomic E-state index is 5.71. The van der Waals surface area contributed by atoms with Crippen LogP contribution in [0.2, 0.25) is 0 Å². The van der Waals surface area contributed by atoms with Gasteiger partial charge in [-0.2, -0.15) is 0 Å². The Balaban J connectivity index is 1.75. The lowest BCUT2D eigenvalue weighted by atomic mass is 9.99. The molecule has 0 saturated carbocycles. The molecule has 0 amide bonds. The molecule has 3 heteroatoms. The number of anilines is 1. The van der Waals surface area contributed by atoms with E-state index in [4.69, 9.17) is 4.74 Å². The van der Waals surface area contributed by atoms with Crippen LogP contribution in [0.25, 0.3) is 21.5 Å². The molecule has 1 aliphatic heterocycles. The van der Waals surface area contributed by atoms with E-state index in [1.165, 1.54) is 56.0 Å². The van der Waals surface area contributed by atoms with Crippen molar-refractivity contribution in [1.82, 2.24) is 0 Å². The Hall–Kier alpha value is -3.19. The fourth-order valence-corrected chi connectivity index (χ4v) is 8.33. The van der Waals surface area contributed by atoms with E-state index in [-0.39, 0.29) is 0 Å². The summed E-state index contributed by atoms with van der Waals surface area (Å²) in [6.07, 6.45) is 2.37. The van der Waals surface area contributed by atoms with Crippen molar-refractivity contribution < 1.29 is 4.74 Å². The van der Waals surface area contributed by atoms with Gasteiger partial charge in [0.2, 0.25) is 0 Å². The molecule has 5 aromatic carbocycles. The summed E-state index contributed by atoms with van der Waals surface area (Å²) in [5.41, 5.74) is 1.40. The second-order valence-electron chi connectivity index (χ2n) is 9.24. The van der Waals surface area contributed by atoms with Gasteiger partial charge < -0.3 is 9.64 Å². The van der Waals surface area contributed by atoms with Crippen LogP contribution >= 0.6 is 7.92 Å². The first kappa shape index (κ1) is 22.3. The molecule has 1 atom stereocenters. The lowest BCUT2D eigenvalue weighted by Gasteiger charge is -2.34. The monoisotopic (exact) mass is 475 g/mol. The average molecular weight is 476 g/mol. The minimum atomic E-state index is -0.767. The normalized spacial score (nSPS) is 15.9. The second-order valence-corrected chi connectivity index (χ2v) is 11.4. The summed E-state index contributed by atoms with van der Waals surface area (Å²) < 4.78 is 5.71. The zero-order valence-corrected chi connectivity index (χ0v) is 21.0. The molecular formula is C32H30NOP. The zero-order valence-electron chi connectivity index (χ0n) is 20.1. The van der Waals surface area contributed by atoms with Crippen molar-refractivity contribution in [3.8, 4) is 0 Å². The second kappa shape index (κ2) is 9.82. The van der Waals surface area contributed by atoms with Gasteiger partial charge >= 0.3 is 0 Å². The highest BCUT2D eigenvalue weighted by atomic mass is 31.1. The molecule has 0 spiro atoms. The Kier molecular flexibility index (Phi) is 6.25. The number of nitrogens with zero attached hydrogens (tertiary/aromatic N) is 1. The number of hydrogen-bond acceptors (Lipinski definition) is 2. The molecule has 5 aromatic rings. The highest BCUT2D eigenvalue weighted by molar-refractivity contribution is 7.80. The summed E-state index contributed by atoms with van der Waals surface area (Å²) in [5, 5.41) is 9.63. The predicted molar refractivity (Wildman–Crippen MR) is 152 cm³/mol. The van der Waals surface area contributed by atoms with Crippen LogP contribution in [0, 0.1) is 0 Å². The van der Waals surface area contributed by atoms with Crippen LogP contribution in [-0.2, 0) is 4.74 Å². The van der Waals surface area contributed by atoms with Gasteiger partial charge in [-0.3, -0.25) is 0 Å². The Labute approximate surface area is 208 Å². The molecular weight excluding hydrogens is 445 g/mol. The number of ether oxygens (including phenoxy) is 1. The summed E-state index contributed by atoms with van der Waals surface area (Å²) in [6, 6.07) is 40.6. The number of rotatable bonds is 6. The van der Waals surface area contributed by atoms with E-state index in [0.29, 0.717) is 6.04 Å². The molecule has 1 saturated heterocycles. The van der Waals surface area contributed by atoms with Crippen molar-refractivity contribution in [2.24, 2.45) is 0 Å². The first-order valence-electron chi connectivity index (χ1n) is 12.5. The highest BCUT2D eigenvalue weighted by Crippen LogP contribution is 2.45. The molecule has 0 bridgehead atoms. The standard InChI is InChI=1S/C32H30NOP/c1-34-23-24-13-12-22-33(24)31-29-20-10-8-18-27(29)28-19-9-11-21-30(28)32(31)35(25-14-4-2-5-15-25)26-16-6-3-7-17-26/h2-11,14-21,24H,12-13,22-23H2,1H3/t24-/m1/s1. The summed E-state index contributed by atoms with van der Waals surface area (Å²) >= 11 is 0. The average Bonchev–Trinajstić information content (AvgIpc) is 3.38. The van der Waals surface area contributed by atoms with E-state index >= 15 is 0 Å². The summed E-state index contributed by atoms with van der Waals surface area (Å²) in [4.78, 5) is 2.66. The van der Waals surface area contributed by atoms with E-state index in [9.17, 15) is 0 Å². The van der Waals surface area contributed by atoms with Crippen LogP contribution < -0.4 is 20.8 Å². The van der Waals surface area contributed by atoms with Crippen molar-refractivity contribution in [3.63, 3.8) is 0 Å². The van der Waals surface area contributed by atoms with E-state index < -0.39 is 7.92 Å². The van der Waals surface area contributed by atoms with Gasteiger partial charge in [-0.05, 0) is 47.5 Å². The lowest BCUT2D eigenvalue weighted by molar-refractivity contribution is 0.181. The molecule has 1 fully saturated rings. The Bertz CT molecular complexity index is 1410. The molecule has 2 nitrogen and oxygen atoms in total. The SMILES string of the molecule is COC[C@H]1CCCN1c1c(P(c2ccccc2)c2ccccc2)c2ccccc2c2ccccc12. The summed E-state index contributed by atoms with van der Waals surface area (Å²) in [7, 11) is 1.06. The Morgan fingerprint density at radius 3 is 1.80 bits per heavy atom. The van der Waals surface area contributed by atoms with Crippen molar-refractivity contribution in [1.29, 1.82) is 0 Å². The van der Waals surface area contributed by atoms with Crippen LogP contribution in [-0.4, -0.2) is 26.3 Å². The van der Waals surface area contributed by atoms with E-state index in [2.05, 4.69) is 114 Å². The van der Waals surface area contributed by atoms with Gasteiger partial charge in [-0.1, -0.05) is 109 Å². The largest absolute Gasteiger partial charge is 0.383 e. The van der Waals surface area contributed by atoms with Crippen LogP contribution in [0.3, 0.4) is 0 Å². The first-order chi connectivity index (χ1) is 17.4. The number of fused-ring (bicyclic) bond motifs is 3. The molecule has 0 radical (unpaired) electrons. The Morgan fingerprint density at radius 2 is 1.20 bits per heavy atom. The predicted octanol–water partition coefficient (Wildman–Crippen LogP) is 6.37. The van der Waals surface area contributed by atoms with Crippen molar-refractivity contribution in [3.05, 3.63) is 109 Å². The van der Waals surface area contributed by atoms with Gasteiger partial charge in [-0.15, -0.1) is 0 Å². The molecule has 0 aliphatic carbocycles. The van der Waals surface area contributed by atoms with E-state index in [1.807, 2.05) is 7.11 Å². The maximum Gasteiger partial charge on any atom is 0.0666 e. The molecule has 6 rings (SSSR count). The van der Waals surface area contributed by atoms with Gasteiger partial charge in [0.1, 0.15) is 0 Å².